The van der Waals surface area contributed by atoms with Crippen molar-refractivity contribution in [3.8, 4) is 33.8 Å². The van der Waals surface area contributed by atoms with Gasteiger partial charge in [-0.05, 0) is 65.4 Å². The molecule has 0 amide bonds. The van der Waals surface area contributed by atoms with Crippen LogP contribution in [0.25, 0.3) is 22.3 Å². The molecule has 6 heteroatoms. The molecule has 3 rings (SSSR count). The largest absolute Gasteiger partial charge is 0.508 e. The highest BCUT2D eigenvalue weighted by Crippen LogP contribution is 2.37. The zero-order valence-corrected chi connectivity index (χ0v) is 44.2. The van der Waals surface area contributed by atoms with Crippen molar-refractivity contribution < 1.29 is 29.3 Å². The van der Waals surface area contributed by atoms with Crippen LogP contribution in [0.5, 0.6) is 11.5 Å². The van der Waals surface area contributed by atoms with Gasteiger partial charge in [-0.1, -0.05) is 281 Å². The second-order valence-electron chi connectivity index (χ2n) is 20.4. The van der Waals surface area contributed by atoms with Gasteiger partial charge in [0, 0.05) is 18.4 Å². The lowest BCUT2D eigenvalue weighted by molar-refractivity contribution is -0.189. The Kier molecular flexibility index (Phi) is 35.3. The molecule has 0 bridgehead atoms. The summed E-state index contributed by atoms with van der Waals surface area (Å²) in [6.07, 6.45) is 48.5. The average molecular weight is 953 g/mol. The molecule has 0 fully saturated rings. The molecule has 3 aromatic carbocycles. The van der Waals surface area contributed by atoms with E-state index in [1.807, 2.05) is 42.5 Å². The molecule has 0 saturated carbocycles. The number of esters is 2. The van der Waals surface area contributed by atoms with Gasteiger partial charge >= 0.3 is 11.9 Å². The molecule has 2 N–H and O–H groups in total. The minimum atomic E-state index is -1.21. The van der Waals surface area contributed by atoms with Crippen molar-refractivity contribution in [2.75, 3.05) is 0 Å². The van der Waals surface area contributed by atoms with E-state index in [4.69, 9.17) is 9.47 Å². The zero-order chi connectivity index (χ0) is 49.3. The highest BCUT2D eigenvalue weighted by atomic mass is 16.7. The van der Waals surface area contributed by atoms with Gasteiger partial charge in [0.2, 0.25) is 0 Å². The molecule has 0 aliphatic heterocycles. The van der Waals surface area contributed by atoms with E-state index in [2.05, 4.69) is 13.8 Å². The molecule has 0 saturated heterocycles. The molecular formula is C63H100O6. The van der Waals surface area contributed by atoms with Gasteiger partial charge in [0.1, 0.15) is 11.5 Å². The topological polar surface area (TPSA) is 93.1 Å². The van der Waals surface area contributed by atoms with Crippen LogP contribution in [-0.4, -0.2) is 22.2 Å². The van der Waals surface area contributed by atoms with Crippen LogP contribution >= 0.6 is 0 Å². The van der Waals surface area contributed by atoms with Crippen molar-refractivity contribution in [3.63, 3.8) is 0 Å². The second kappa shape index (κ2) is 40.9. The van der Waals surface area contributed by atoms with E-state index in [-0.39, 0.29) is 36.3 Å². The highest BCUT2D eigenvalue weighted by Gasteiger charge is 2.25. The van der Waals surface area contributed by atoms with Crippen LogP contribution in [0.4, 0.5) is 0 Å². The fraction of sp³-hybridized carbons (Fsp3) is 0.683. The number of rotatable bonds is 45. The van der Waals surface area contributed by atoms with Crippen LogP contribution in [0.1, 0.15) is 283 Å². The number of benzene rings is 3. The van der Waals surface area contributed by atoms with Crippen LogP contribution < -0.4 is 0 Å². The van der Waals surface area contributed by atoms with Crippen molar-refractivity contribution in [2.45, 2.75) is 277 Å². The van der Waals surface area contributed by atoms with E-state index in [1.165, 1.54) is 205 Å². The van der Waals surface area contributed by atoms with E-state index in [1.54, 1.807) is 24.3 Å². The Hall–Kier alpha value is -3.80. The van der Waals surface area contributed by atoms with Crippen LogP contribution in [0.3, 0.4) is 0 Å². The average Bonchev–Trinajstić information content (AvgIpc) is 3.35. The Morgan fingerprint density at radius 2 is 0.609 bits per heavy atom. The van der Waals surface area contributed by atoms with Crippen LogP contribution in [0.2, 0.25) is 0 Å². The second-order valence-corrected chi connectivity index (χ2v) is 20.4. The molecule has 0 aliphatic carbocycles. The van der Waals surface area contributed by atoms with Gasteiger partial charge in [-0.15, -0.1) is 0 Å². The number of phenolic OH excluding ortho intramolecular Hbond substituents is 2. The third-order valence-corrected chi connectivity index (χ3v) is 14.1. The molecule has 0 spiro atoms. The van der Waals surface area contributed by atoms with Crippen molar-refractivity contribution in [3.05, 3.63) is 72.3 Å². The van der Waals surface area contributed by atoms with E-state index in [0.717, 1.165) is 60.8 Å². The third kappa shape index (κ3) is 29.9. The minimum absolute atomic E-state index is 0.142. The van der Waals surface area contributed by atoms with Crippen LogP contribution in [0.15, 0.2) is 66.7 Å². The molecule has 0 atom stereocenters. The predicted octanol–water partition coefficient (Wildman–Crippen LogP) is 20.2. The molecule has 388 valence electrons. The summed E-state index contributed by atoms with van der Waals surface area (Å²) in [6, 6.07) is 19.6. The number of phenols is 2. The lowest BCUT2D eigenvalue weighted by atomic mass is 9.94. The lowest BCUT2D eigenvalue weighted by Gasteiger charge is -2.22. The first kappa shape index (κ1) is 59.5. The first-order chi connectivity index (χ1) is 33.9. The summed E-state index contributed by atoms with van der Waals surface area (Å²) in [5.74, 6) is -0.420. The van der Waals surface area contributed by atoms with Gasteiger partial charge in [0.25, 0.3) is 6.29 Å². The normalized spacial score (nSPS) is 11.4. The van der Waals surface area contributed by atoms with Crippen molar-refractivity contribution in [1.29, 1.82) is 0 Å². The van der Waals surface area contributed by atoms with Gasteiger partial charge < -0.3 is 19.7 Å². The summed E-state index contributed by atoms with van der Waals surface area (Å²) < 4.78 is 12.1. The fourth-order valence-electron chi connectivity index (χ4n) is 9.69. The standard InChI is InChI=1S/C63H100O6/c1-3-5-7-9-11-13-15-17-19-21-23-25-27-29-31-33-35-37-39-41-61(66)68-63(59-52-47-56(54-43-48-57(64)49-44-54)53-60(59)55-45-50-58(65)51-46-55)69-62(67)42-40-38-36-34-32-30-28-26-24-22-20-18-16-14-12-10-8-6-4-2/h43-53,63-65H,3-42H2,1-2H3. The van der Waals surface area contributed by atoms with Gasteiger partial charge in [0.05, 0.1) is 0 Å². The first-order valence-electron chi connectivity index (χ1n) is 29.0. The maximum Gasteiger partial charge on any atom is 0.309 e. The molecule has 69 heavy (non-hydrogen) atoms. The number of carbonyl (C=O) groups is 2. The minimum Gasteiger partial charge on any atom is -0.508 e. The molecular weight excluding hydrogens is 853 g/mol. The lowest BCUT2D eigenvalue weighted by Crippen LogP contribution is -2.19. The van der Waals surface area contributed by atoms with Crippen molar-refractivity contribution in [2.24, 2.45) is 0 Å². The van der Waals surface area contributed by atoms with E-state index in [0.29, 0.717) is 5.56 Å². The quantitative estimate of drug-likeness (QED) is 0.0333. The summed E-state index contributed by atoms with van der Waals surface area (Å²) in [4.78, 5) is 26.9. The first-order valence-corrected chi connectivity index (χ1v) is 29.0. The van der Waals surface area contributed by atoms with Gasteiger partial charge in [0.15, 0.2) is 0 Å². The summed E-state index contributed by atoms with van der Waals surface area (Å²) >= 11 is 0. The maximum atomic E-state index is 13.5. The van der Waals surface area contributed by atoms with Gasteiger partial charge in [-0.25, -0.2) is 0 Å². The number of ether oxygens (including phenoxy) is 2. The Morgan fingerprint density at radius 1 is 0.348 bits per heavy atom. The van der Waals surface area contributed by atoms with E-state index < -0.39 is 6.29 Å². The number of unbranched alkanes of at least 4 members (excludes halogenated alkanes) is 36. The summed E-state index contributed by atoms with van der Waals surface area (Å²) in [6.45, 7) is 4.57. The number of hydrogen-bond donors (Lipinski definition) is 2. The molecule has 0 unspecified atom stereocenters. The Labute approximate surface area is 422 Å². The summed E-state index contributed by atoms with van der Waals surface area (Å²) in [5, 5.41) is 20.0. The van der Waals surface area contributed by atoms with Gasteiger partial charge in [-0.2, -0.15) is 0 Å². The zero-order valence-electron chi connectivity index (χ0n) is 44.2. The van der Waals surface area contributed by atoms with E-state index in [9.17, 15) is 19.8 Å². The SMILES string of the molecule is CCCCCCCCCCCCCCCCCCCCCC(=O)OC(OC(=O)CCCCCCCCCCCCCCCCCCCCC)c1ccc(-c2ccc(O)cc2)cc1-c1ccc(O)cc1. The predicted molar refractivity (Wildman–Crippen MR) is 292 cm³/mol. The highest BCUT2D eigenvalue weighted by molar-refractivity contribution is 5.78. The third-order valence-electron chi connectivity index (χ3n) is 14.1. The smallest absolute Gasteiger partial charge is 0.309 e. The molecule has 0 aromatic heterocycles. The van der Waals surface area contributed by atoms with Gasteiger partial charge in [-0.3, -0.25) is 9.59 Å². The Balaban J connectivity index is 1.41. The van der Waals surface area contributed by atoms with Crippen LogP contribution in [-0.2, 0) is 19.1 Å². The van der Waals surface area contributed by atoms with Crippen molar-refractivity contribution >= 4 is 11.9 Å². The van der Waals surface area contributed by atoms with Crippen molar-refractivity contribution in [1.82, 2.24) is 0 Å². The number of hydrogen-bond acceptors (Lipinski definition) is 6. The number of carbonyl (C=O) groups excluding carboxylic acids is 2. The number of aromatic hydroxyl groups is 2. The molecule has 6 nitrogen and oxygen atoms in total. The maximum absolute atomic E-state index is 13.5. The van der Waals surface area contributed by atoms with E-state index >= 15 is 0 Å². The van der Waals surface area contributed by atoms with Crippen LogP contribution in [0, 0.1) is 0 Å². The Morgan fingerprint density at radius 3 is 0.913 bits per heavy atom. The fourth-order valence-corrected chi connectivity index (χ4v) is 9.69. The molecule has 0 heterocycles. The molecule has 3 aromatic rings. The molecule has 0 radical (unpaired) electrons. The summed E-state index contributed by atoms with van der Waals surface area (Å²) in [5.41, 5.74) is 3.89. The monoisotopic (exact) mass is 953 g/mol. The summed E-state index contributed by atoms with van der Waals surface area (Å²) in [7, 11) is 0. The molecule has 0 aliphatic rings. The Bertz CT molecular complexity index is 1630.